The molecule has 1 aliphatic heterocycles. The predicted molar refractivity (Wildman–Crippen MR) is 101 cm³/mol. The maximum Gasteiger partial charge on any atom is 0.234 e. The summed E-state index contributed by atoms with van der Waals surface area (Å²) in [5.41, 5.74) is 2.45. The molecule has 26 heavy (non-hydrogen) atoms. The van der Waals surface area contributed by atoms with E-state index in [2.05, 4.69) is 28.4 Å². The molecule has 1 aromatic heterocycles. The fourth-order valence-corrected chi connectivity index (χ4v) is 3.25. The molecule has 1 aliphatic rings. The van der Waals surface area contributed by atoms with Gasteiger partial charge >= 0.3 is 0 Å². The second kappa shape index (κ2) is 8.87. The molecule has 2 aromatic rings. The van der Waals surface area contributed by atoms with Crippen molar-refractivity contribution in [1.29, 1.82) is 0 Å². The number of furan rings is 1. The molecule has 0 spiro atoms. The Kier molecular flexibility index (Phi) is 6.30. The third kappa shape index (κ3) is 4.86. The zero-order chi connectivity index (χ0) is 18.4. The highest BCUT2D eigenvalue weighted by atomic mass is 16.5. The fraction of sp³-hybridized carbons (Fsp3) is 0.450. The van der Waals surface area contributed by atoms with Gasteiger partial charge in [-0.25, -0.2) is 0 Å². The van der Waals surface area contributed by atoms with E-state index in [0.29, 0.717) is 6.54 Å². The lowest BCUT2D eigenvalue weighted by Crippen LogP contribution is -2.38. The van der Waals surface area contributed by atoms with Crippen molar-refractivity contribution in [2.45, 2.75) is 19.5 Å². The van der Waals surface area contributed by atoms with Gasteiger partial charge in [0.05, 0.1) is 32.1 Å². The molecule has 1 fully saturated rings. The molecule has 1 amide bonds. The average Bonchev–Trinajstić information content (AvgIpc) is 3.17. The fourth-order valence-electron chi connectivity index (χ4n) is 3.25. The van der Waals surface area contributed by atoms with Crippen molar-refractivity contribution in [2.75, 3.05) is 44.8 Å². The van der Waals surface area contributed by atoms with Crippen molar-refractivity contribution in [3.8, 4) is 0 Å². The van der Waals surface area contributed by atoms with Gasteiger partial charge < -0.3 is 19.4 Å². The molecule has 0 saturated carbocycles. The first-order valence-electron chi connectivity index (χ1n) is 9.05. The minimum absolute atomic E-state index is 0.0137. The van der Waals surface area contributed by atoms with Crippen LogP contribution >= 0.6 is 0 Å². The summed E-state index contributed by atoms with van der Waals surface area (Å²) in [6.07, 6.45) is 1.62. The van der Waals surface area contributed by atoms with Gasteiger partial charge in [0, 0.05) is 25.3 Å². The van der Waals surface area contributed by atoms with E-state index in [1.54, 1.807) is 6.26 Å². The number of carbonyl (C=O) groups excluding carboxylic acids is 1. The van der Waals surface area contributed by atoms with Crippen LogP contribution in [-0.2, 0) is 16.1 Å². The Bertz CT molecular complexity index is 696. The van der Waals surface area contributed by atoms with E-state index in [-0.39, 0.29) is 11.9 Å². The zero-order valence-electron chi connectivity index (χ0n) is 15.5. The minimum atomic E-state index is -0.133. The molecule has 6 nitrogen and oxygen atoms in total. The van der Waals surface area contributed by atoms with E-state index in [0.717, 1.165) is 38.6 Å². The van der Waals surface area contributed by atoms with Crippen LogP contribution in [-0.4, -0.2) is 50.7 Å². The van der Waals surface area contributed by atoms with Gasteiger partial charge in [-0.15, -0.1) is 0 Å². The number of para-hydroxylation sites is 1. The van der Waals surface area contributed by atoms with Crippen molar-refractivity contribution in [1.82, 2.24) is 10.2 Å². The first-order valence-corrected chi connectivity index (χ1v) is 9.05. The van der Waals surface area contributed by atoms with Gasteiger partial charge in [0.2, 0.25) is 5.91 Å². The van der Waals surface area contributed by atoms with Crippen LogP contribution in [0.15, 0.2) is 47.1 Å². The number of morpholine rings is 1. The predicted octanol–water partition coefficient (Wildman–Crippen LogP) is 2.43. The van der Waals surface area contributed by atoms with E-state index in [9.17, 15) is 4.79 Å². The Morgan fingerprint density at radius 1 is 1.23 bits per heavy atom. The number of anilines is 1. The van der Waals surface area contributed by atoms with Crippen LogP contribution in [0.4, 0.5) is 5.69 Å². The lowest BCUT2D eigenvalue weighted by atomic mass is 10.1. The lowest BCUT2D eigenvalue weighted by Gasteiger charge is -2.31. The van der Waals surface area contributed by atoms with Gasteiger partial charge in [-0.3, -0.25) is 9.69 Å². The Morgan fingerprint density at radius 3 is 2.73 bits per heavy atom. The minimum Gasteiger partial charge on any atom is -0.467 e. The van der Waals surface area contributed by atoms with Gasteiger partial charge in [0.1, 0.15) is 5.76 Å². The topological polar surface area (TPSA) is 58.0 Å². The van der Waals surface area contributed by atoms with E-state index < -0.39 is 0 Å². The van der Waals surface area contributed by atoms with Crippen LogP contribution in [0, 0.1) is 0 Å². The van der Waals surface area contributed by atoms with Crippen molar-refractivity contribution < 1.29 is 13.9 Å². The van der Waals surface area contributed by atoms with Crippen molar-refractivity contribution >= 4 is 11.6 Å². The van der Waals surface area contributed by atoms with Gasteiger partial charge in [-0.1, -0.05) is 18.2 Å². The maximum absolute atomic E-state index is 12.3. The molecule has 3 rings (SSSR count). The molecule has 1 aromatic carbocycles. The third-order valence-corrected chi connectivity index (χ3v) is 4.54. The monoisotopic (exact) mass is 357 g/mol. The molecule has 1 atom stereocenters. The van der Waals surface area contributed by atoms with Crippen LogP contribution < -0.4 is 10.2 Å². The summed E-state index contributed by atoms with van der Waals surface area (Å²) in [6.45, 7) is 6.31. The molecule has 0 radical (unpaired) electrons. The number of rotatable bonds is 7. The normalized spacial score (nSPS) is 15.9. The largest absolute Gasteiger partial charge is 0.467 e. The molecule has 0 bridgehead atoms. The van der Waals surface area contributed by atoms with E-state index in [1.807, 2.05) is 37.1 Å². The van der Waals surface area contributed by atoms with Crippen molar-refractivity contribution in [2.24, 2.45) is 0 Å². The number of carbonyl (C=O) groups is 1. The Morgan fingerprint density at radius 2 is 2.00 bits per heavy atom. The maximum atomic E-state index is 12.3. The molecular formula is C20H27N3O3. The van der Waals surface area contributed by atoms with Crippen LogP contribution in [0.2, 0.25) is 0 Å². The summed E-state index contributed by atoms with van der Waals surface area (Å²) < 4.78 is 10.8. The summed E-state index contributed by atoms with van der Waals surface area (Å²) in [4.78, 5) is 16.7. The van der Waals surface area contributed by atoms with Gasteiger partial charge in [-0.05, 0) is 37.7 Å². The molecule has 0 unspecified atom stereocenters. The number of nitrogens with one attached hydrogen (secondary N) is 1. The van der Waals surface area contributed by atoms with Crippen LogP contribution in [0.25, 0.3) is 0 Å². The van der Waals surface area contributed by atoms with E-state index in [4.69, 9.17) is 9.15 Å². The molecule has 140 valence electrons. The van der Waals surface area contributed by atoms with Gasteiger partial charge in [0.25, 0.3) is 0 Å². The van der Waals surface area contributed by atoms with Crippen molar-refractivity contribution in [3.63, 3.8) is 0 Å². The van der Waals surface area contributed by atoms with Crippen LogP contribution in [0.3, 0.4) is 0 Å². The van der Waals surface area contributed by atoms with Gasteiger partial charge in [-0.2, -0.15) is 0 Å². The van der Waals surface area contributed by atoms with E-state index >= 15 is 0 Å². The molecule has 2 heterocycles. The first-order chi connectivity index (χ1) is 12.6. The molecule has 1 saturated heterocycles. The highest BCUT2D eigenvalue weighted by Gasteiger charge is 2.17. The first kappa shape index (κ1) is 18.5. The molecule has 0 aliphatic carbocycles. The summed E-state index contributed by atoms with van der Waals surface area (Å²) >= 11 is 0. The average molecular weight is 357 g/mol. The molecule has 1 N–H and O–H groups in total. The molecule has 6 heteroatoms. The van der Waals surface area contributed by atoms with E-state index in [1.165, 1.54) is 11.3 Å². The number of nitrogens with zero attached hydrogens (tertiary/aromatic N) is 2. The van der Waals surface area contributed by atoms with Crippen molar-refractivity contribution in [3.05, 3.63) is 54.0 Å². The Hall–Kier alpha value is -2.31. The summed E-state index contributed by atoms with van der Waals surface area (Å²) in [6, 6.07) is 11.9. The number of amides is 1. The Balaban J connectivity index is 1.56. The second-order valence-electron chi connectivity index (χ2n) is 6.71. The number of ether oxygens (including phenoxy) is 1. The zero-order valence-corrected chi connectivity index (χ0v) is 15.5. The SMILES string of the molecule is C[C@H](NC(=O)CN(C)Cc1ccccc1N1CCOCC1)c1ccco1. The number of hydrogen-bond acceptors (Lipinski definition) is 5. The highest BCUT2D eigenvalue weighted by Crippen LogP contribution is 2.22. The van der Waals surface area contributed by atoms with Crippen LogP contribution in [0.1, 0.15) is 24.3 Å². The Labute approximate surface area is 154 Å². The van der Waals surface area contributed by atoms with Gasteiger partial charge in [0.15, 0.2) is 0 Å². The number of likely N-dealkylation sites (N-methyl/N-ethyl adjacent to an activating group) is 1. The summed E-state index contributed by atoms with van der Waals surface area (Å²) in [5, 5.41) is 2.98. The second-order valence-corrected chi connectivity index (χ2v) is 6.71. The smallest absolute Gasteiger partial charge is 0.234 e. The third-order valence-electron chi connectivity index (χ3n) is 4.54. The highest BCUT2D eigenvalue weighted by molar-refractivity contribution is 5.78. The summed E-state index contributed by atoms with van der Waals surface area (Å²) in [7, 11) is 1.97. The number of benzene rings is 1. The quantitative estimate of drug-likeness (QED) is 0.825. The van der Waals surface area contributed by atoms with Crippen LogP contribution in [0.5, 0.6) is 0 Å². The molecular weight excluding hydrogens is 330 g/mol. The number of hydrogen-bond donors (Lipinski definition) is 1. The standard InChI is InChI=1S/C20H27N3O3/c1-16(19-8-5-11-26-19)21-20(24)15-22(2)14-17-6-3-4-7-18(17)23-9-12-25-13-10-23/h3-8,11,16H,9-10,12-15H2,1-2H3,(H,21,24)/t16-/m0/s1. The lowest BCUT2D eigenvalue weighted by molar-refractivity contribution is -0.122. The summed E-state index contributed by atoms with van der Waals surface area (Å²) in [5.74, 6) is 0.749.